The van der Waals surface area contributed by atoms with Crippen LogP contribution in [0.15, 0.2) is 18.6 Å². The lowest BCUT2D eigenvalue weighted by atomic mass is 10.1. The highest BCUT2D eigenvalue weighted by atomic mass is 15.1. The van der Waals surface area contributed by atoms with E-state index in [0.717, 1.165) is 31.7 Å². The van der Waals surface area contributed by atoms with Crippen LogP contribution in [-0.4, -0.2) is 34.0 Å². The van der Waals surface area contributed by atoms with Gasteiger partial charge in [-0.05, 0) is 19.4 Å². The number of hydrogen-bond acceptors (Lipinski definition) is 4. The first-order valence-electron chi connectivity index (χ1n) is 5.07. The first kappa shape index (κ1) is 9.55. The van der Waals surface area contributed by atoms with Gasteiger partial charge in [-0.2, -0.15) is 0 Å². The minimum atomic E-state index is 0.334. The fourth-order valence-corrected chi connectivity index (χ4v) is 1.88. The molecular formula is C10H16N4. The van der Waals surface area contributed by atoms with Crippen LogP contribution in [0, 0.1) is 0 Å². The molecule has 0 aromatic carbocycles. The fourth-order valence-electron chi connectivity index (χ4n) is 1.88. The molecule has 2 N–H and O–H groups in total. The second-order valence-corrected chi connectivity index (χ2v) is 3.83. The van der Waals surface area contributed by atoms with Crippen LogP contribution in [0.2, 0.25) is 0 Å². The van der Waals surface area contributed by atoms with Crippen molar-refractivity contribution in [2.24, 2.45) is 5.73 Å². The molecule has 14 heavy (non-hydrogen) atoms. The van der Waals surface area contributed by atoms with Crippen molar-refractivity contribution >= 4 is 0 Å². The van der Waals surface area contributed by atoms with E-state index >= 15 is 0 Å². The smallest absolute Gasteiger partial charge is 0.0726 e. The van der Waals surface area contributed by atoms with Crippen LogP contribution in [0.1, 0.15) is 18.5 Å². The second-order valence-electron chi connectivity index (χ2n) is 3.83. The second kappa shape index (κ2) is 4.48. The third-order valence-electron chi connectivity index (χ3n) is 2.54. The molecule has 2 heterocycles. The minimum absolute atomic E-state index is 0.334. The molecule has 0 saturated carbocycles. The first-order chi connectivity index (χ1) is 6.84. The monoisotopic (exact) mass is 192 g/mol. The lowest BCUT2D eigenvalue weighted by Crippen LogP contribution is -2.42. The SMILES string of the molecule is N[C@@H]1CCCN(Cc2cnccn2)C1. The minimum Gasteiger partial charge on any atom is -0.327 e. The summed E-state index contributed by atoms with van der Waals surface area (Å²) in [5.74, 6) is 0. The van der Waals surface area contributed by atoms with Crippen molar-refractivity contribution in [1.29, 1.82) is 0 Å². The van der Waals surface area contributed by atoms with Crippen molar-refractivity contribution in [1.82, 2.24) is 14.9 Å². The van der Waals surface area contributed by atoms with Crippen LogP contribution >= 0.6 is 0 Å². The number of nitrogens with two attached hydrogens (primary N) is 1. The summed E-state index contributed by atoms with van der Waals surface area (Å²) in [6, 6.07) is 0.334. The van der Waals surface area contributed by atoms with Gasteiger partial charge >= 0.3 is 0 Å². The molecule has 1 aliphatic rings. The maximum absolute atomic E-state index is 5.90. The molecule has 4 nitrogen and oxygen atoms in total. The van der Waals surface area contributed by atoms with Gasteiger partial charge in [0.05, 0.1) is 5.69 Å². The number of nitrogens with zero attached hydrogens (tertiary/aromatic N) is 3. The molecule has 1 aliphatic heterocycles. The van der Waals surface area contributed by atoms with Gasteiger partial charge in [-0.25, -0.2) is 0 Å². The van der Waals surface area contributed by atoms with Gasteiger partial charge in [0.2, 0.25) is 0 Å². The predicted molar refractivity (Wildman–Crippen MR) is 54.5 cm³/mol. The molecule has 1 atom stereocenters. The summed E-state index contributed by atoms with van der Waals surface area (Å²) in [5, 5.41) is 0. The number of aromatic nitrogens is 2. The molecule has 0 radical (unpaired) electrons. The maximum Gasteiger partial charge on any atom is 0.0726 e. The van der Waals surface area contributed by atoms with Gasteiger partial charge in [-0.1, -0.05) is 0 Å². The van der Waals surface area contributed by atoms with Crippen LogP contribution in [0.4, 0.5) is 0 Å². The van der Waals surface area contributed by atoms with Gasteiger partial charge in [0.15, 0.2) is 0 Å². The number of rotatable bonds is 2. The van der Waals surface area contributed by atoms with E-state index in [4.69, 9.17) is 5.73 Å². The summed E-state index contributed by atoms with van der Waals surface area (Å²) in [6.07, 6.45) is 7.60. The Balaban J connectivity index is 1.91. The van der Waals surface area contributed by atoms with Crippen LogP contribution < -0.4 is 5.73 Å². The molecule has 0 bridgehead atoms. The zero-order chi connectivity index (χ0) is 9.80. The topological polar surface area (TPSA) is 55.0 Å². The zero-order valence-electron chi connectivity index (χ0n) is 8.26. The molecule has 1 saturated heterocycles. The van der Waals surface area contributed by atoms with Gasteiger partial charge in [-0.3, -0.25) is 14.9 Å². The van der Waals surface area contributed by atoms with Crippen molar-refractivity contribution in [3.63, 3.8) is 0 Å². The van der Waals surface area contributed by atoms with Crippen LogP contribution in [0.3, 0.4) is 0 Å². The summed E-state index contributed by atoms with van der Waals surface area (Å²) in [4.78, 5) is 10.6. The van der Waals surface area contributed by atoms with Crippen molar-refractivity contribution in [3.05, 3.63) is 24.3 Å². The molecular weight excluding hydrogens is 176 g/mol. The van der Waals surface area contributed by atoms with Crippen LogP contribution in [0.25, 0.3) is 0 Å². The standard InChI is InChI=1S/C10H16N4/c11-9-2-1-5-14(7-9)8-10-6-12-3-4-13-10/h3-4,6,9H,1-2,5,7-8,11H2/t9-/m1/s1. The Morgan fingerprint density at radius 1 is 1.50 bits per heavy atom. The summed E-state index contributed by atoms with van der Waals surface area (Å²) in [6.45, 7) is 2.99. The molecule has 76 valence electrons. The average molecular weight is 192 g/mol. The van der Waals surface area contributed by atoms with E-state index in [9.17, 15) is 0 Å². The first-order valence-corrected chi connectivity index (χ1v) is 5.07. The molecule has 0 unspecified atom stereocenters. The summed E-state index contributed by atoms with van der Waals surface area (Å²) < 4.78 is 0. The van der Waals surface area contributed by atoms with Crippen molar-refractivity contribution in [2.45, 2.75) is 25.4 Å². The Bertz CT molecular complexity index is 275. The quantitative estimate of drug-likeness (QED) is 0.737. The molecule has 0 aliphatic carbocycles. The third-order valence-corrected chi connectivity index (χ3v) is 2.54. The van der Waals surface area contributed by atoms with E-state index in [1.165, 1.54) is 6.42 Å². The summed E-state index contributed by atoms with van der Waals surface area (Å²) in [5.41, 5.74) is 6.93. The lowest BCUT2D eigenvalue weighted by Gasteiger charge is -2.30. The third kappa shape index (κ3) is 2.49. The van der Waals surface area contributed by atoms with Crippen molar-refractivity contribution in [3.8, 4) is 0 Å². The molecule has 1 aromatic rings. The van der Waals surface area contributed by atoms with Gasteiger partial charge in [0, 0.05) is 37.7 Å². The van der Waals surface area contributed by atoms with Crippen molar-refractivity contribution < 1.29 is 0 Å². The molecule has 0 spiro atoms. The number of likely N-dealkylation sites (tertiary alicyclic amines) is 1. The van der Waals surface area contributed by atoms with E-state index in [2.05, 4.69) is 14.9 Å². The van der Waals surface area contributed by atoms with E-state index in [1.807, 2.05) is 6.20 Å². The van der Waals surface area contributed by atoms with Crippen molar-refractivity contribution in [2.75, 3.05) is 13.1 Å². The van der Waals surface area contributed by atoms with Gasteiger partial charge < -0.3 is 5.73 Å². The van der Waals surface area contributed by atoms with E-state index in [1.54, 1.807) is 12.4 Å². The van der Waals surface area contributed by atoms with E-state index < -0.39 is 0 Å². The lowest BCUT2D eigenvalue weighted by molar-refractivity contribution is 0.199. The van der Waals surface area contributed by atoms with Gasteiger partial charge in [0.1, 0.15) is 0 Å². The summed E-state index contributed by atoms with van der Waals surface area (Å²) >= 11 is 0. The van der Waals surface area contributed by atoms with Crippen LogP contribution in [-0.2, 0) is 6.54 Å². The molecule has 2 rings (SSSR count). The zero-order valence-corrected chi connectivity index (χ0v) is 8.26. The van der Waals surface area contributed by atoms with E-state index in [-0.39, 0.29) is 0 Å². The van der Waals surface area contributed by atoms with E-state index in [0.29, 0.717) is 6.04 Å². The van der Waals surface area contributed by atoms with Gasteiger partial charge in [0.25, 0.3) is 0 Å². The fraction of sp³-hybridized carbons (Fsp3) is 0.600. The molecule has 0 amide bonds. The highest BCUT2D eigenvalue weighted by molar-refractivity contribution is 4.95. The Morgan fingerprint density at radius 3 is 3.14 bits per heavy atom. The molecule has 1 aromatic heterocycles. The Hall–Kier alpha value is -1.00. The Kier molecular flexibility index (Phi) is 3.06. The predicted octanol–water partition coefficient (Wildman–Crippen LogP) is 0.400. The Morgan fingerprint density at radius 2 is 2.43 bits per heavy atom. The van der Waals surface area contributed by atoms with Crippen LogP contribution in [0.5, 0.6) is 0 Å². The normalized spacial score (nSPS) is 23.6. The number of piperidine rings is 1. The largest absolute Gasteiger partial charge is 0.327 e. The van der Waals surface area contributed by atoms with Gasteiger partial charge in [-0.15, -0.1) is 0 Å². The highest BCUT2D eigenvalue weighted by Gasteiger charge is 2.16. The molecule has 1 fully saturated rings. The summed E-state index contributed by atoms with van der Waals surface area (Å²) in [7, 11) is 0. The molecule has 4 heteroatoms. The average Bonchev–Trinajstić information content (AvgIpc) is 2.19. The highest BCUT2D eigenvalue weighted by Crippen LogP contribution is 2.10. The Labute approximate surface area is 84.2 Å². The maximum atomic E-state index is 5.90. The number of hydrogen-bond donors (Lipinski definition) is 1.